The summed E-state index contributed by atoms with van der Waals surface area (Å²) in [6, 6.07) is 20.8. The predicted molar refractivity (Wildman–Crippen MR) is 164 cm³/mol. The van der Waals surface area contributed by atoms with E-state index in [9.17, 15) is 0 Å². The molecular weight excluding hydrogens is 508 g/mol. The van der Waals surface area contributed by atoms with Gasteiger partial charge in [-0.3, -0.25) is 9.80 Å². The second kappa shape index (κ2) is 9.23. The van der Waals surface area contributed by atoms with Gasteiger partial charge in [-0.2, -0.15) is 9.61 Å². The SMILES string of the molecule is Cc1cccc(C)c1N1C(=C/C=c2/c(C)nn3c(C)nnc23)N(c2c(C)cccc2C)c2nc3ccccc3nc21. The average molecular weight is 539 g/mol. The predicted octanol–water partition coefficient (Wildman–Crippen LogP) is 6.25. The highest BCUT2D eigenvalue weighted by Crippen LogP contribution is 2.51. The van der Waals surface area contributed by atoms with Crippen molar-refractivity contribution >= 4 is 45.8 Å². The third-order valence-corrected chi connectivity index (χ3v) is 7.82. The van der Waals surface area contributed by atoms with Gasteiger partial charge in [-0.05, 0) is 88.1 Å². The minimum atomic E-state index is 0.742. The van der Waals surface area contributed by atoms with Crippen molar-refractivity contribution in [2.45, 2.75) is 41.5 Å². The van der Waals surface area contributed by atoms with Gasteiger partial charge in [0.2, 0.25) is 0 Å². The Morgan fingerprint density at radius 2 is 1.10 bits per heavy atom. The Hall–Kier alpha value is -5.11. The molecule has 0 amide bonds. The average Bonchev–Trinajstić information content (AvgIpc) is 3.56. The van der Waals surface area contributed by atoms with Crippen molar-refractivity contribution in [1.29, 1.82) is 0 Å². The molecule has 0 bridgehead atoms. The number of fused-ring (bicyclic) bond motifs is 3. The molecule has 1 aliphatic heterocycles. The Balaban J connectivity index is 1.60. The number of aromatic nitrogens is 6. The van der Waals surface area contributed by atoms with Crippen molar-refractivity contribution in [1.82, 2.24) is 29.8 Å². The highest BCUT2D eigenvalue weighted by atomic mass is 15.5. The second-order valence-corrected chi connectivity index (χ2v) is 10.7. The van der Waals surface area contributed by atoms with Crippen molar-refractivity contribution in [3.8, 4) is 0 Å². The summed E-state index contributed by atoms with van der Waals surface area (Å²) in [5.41, 5.74) is 10.1. The first-order valence-electron chi connectivity index (χ1n) is 13.7. The summed E-state index contributed by atoms with van der Waals surface area (Å²) in [6.07, 6.45) is 4.23. The van der Waals surface area contributed by atoms with E-state index >= 15 is 0 Å². The Morgan fingerprint density at radius 3 is 1.61 bits per heavy atom. The molecule has 3 aromatic carbocycles. The van der Waals surface area contributed by atoms with E-state index in [4.69, 9.17) is 9.97 Å². The van der Waals surface area contributed by atoms with E-state index in [1.807, 2.05) is 38.1 Å². The van der Waals surface area contributed by atoms with E-state index in [1.54, 1.807) is 4.52 Å². The highest BCUT2D eigenvalue weighted by molar-refractivity contribution is 5.95. The lowest BCUT2D eigenvalue weighted by Gasteiger charge is -2.28. The third kappa shape index (κ3) is 3.78. The maximum Gasteiger partial charge on any atom is 0.186 e. The molecule has 3 aromatic heterocycles. The molecule has 0 atom stereocenters. The zero-order valence-electron chi connectivity index (χ0n) is 24.0. The standard InChI is InChI=1S/C33H30N8/c1-19-11-9-12-20(2)29(19)39-28(18-17-25-23(5)38-41-24(6)36-37-31(25)41)40(30-21(3)13-10-14-22(30)4)33-32(39)34-26-15-7-8-16-27(26)35-33/h7-18H,1-6H3/b25-17-. The van der Waals surface area contributed by atoms with Crippen molar-refractivity contribution in [3.05, 3.63) is 112 Å². The van der Waals surface area contributed by atoms with Crippen molar-refractivity contribution in [2.75, 3.05) is 9.80 Å². The molecule has 202 valence electrons. The number of nitrogens with zero attached hydrogens (tertiary/aromatic N) is 8. The summed E-state index contributed by atoms with van der Waals surface area (Å²) in [6.45, 7) is 12.5. The molecule has 0 radical (unpaired) electrons. The molecular formula is C33H30N8. The molecule has 41 heavy (non-hydrogen) atoms. The molecule has 4 heterocycles. The summed E-state index contributed by atoms with van der Waals surface area (Å²) in [7, 11) is 0. The van der Waals surface area contributed by atoms with Crippen molar-refractivity contribution < 1.29 is 0 Å². The summed E-state index contributed by atoms with van der Waals surface area (Å²) >= 11 is 0. The molecule has 0 aliphatic carbocycles. The number of para-hydroxylation sites is 4. The fourth-order valence-corrected chi connectivity index (χ4v) is 5.87. The van der Waals surface area contributed by atoms with Gasteiger partial charge in [0.05, 0.1) is 28.1 Å². The van der Waals surface area contributed by atoms with Gasteiger partial charge in [0.1, 0.15) is 5.82 Å². The van der Waals surface area contributed by atoms with Crippen LogP contribution in [-0.2, 0) is 0 Å². The van der Waals surface area contributed by atoms with Crippen LogP contribution in [0.25, 0.3) is 22.8 Å². The van der Waals surface area contributed by atoms with Crippen LogP contribution in [0.5, 0.6) is 0 Å². The first-order valence-corrected chi connectivity index (χ1v) is 13.7. The highest BCUT2D eigenvalue weighted by Gasteiger charge is 2.38. The Labute approximate surface area is 238 Å². The van der Waals surface area contributed by atoms with E-state index in [1.165, 1.54) is 0 Å². The van der Waals surface area contributed by atoms with Crippen LogP contribution in [0, 0.1) is 41.5 Å². The van der Waals surface area contributed by atoms with Crippen LogP contribution in [0.4, 0.5) is 23.0 Å². The van der Waals surface area contributed by atoms with Crippen LogP contribution >= 0.6 is 0 Å². The van der Waals surface area contributed by atoms with E-state index in [0.717, 1.165) is 84.5 Å². The van der Waals surface area contributed by atoms with Crippen molar-refractivity contribution in [3.63, 3.8) is 0 Å². The lowest BCUT2D eigenvalue weighted by Crippen LogP contribution is -2.24. The van der Waals surface area contributed by atoms with Crippen molar-refractivity contribution in [2.24, 2.45) is 0 Å². The Bertz CT molecular complexity index is 1950. The first-order chi connectivity index (χ1) is 19.8. The zero-order valence-corrected chi connectivity index (χ0v) is 24.0. The maximum atomic E-state index is 5.23. The number of anilines is 4. The number of hydrogen-bond donors (Lipinski definition) is 0. The van der Waals surface area contributed by atoms with Crippen LogP contribution < -0.4 is 15.0 Å². The van der Waals surface area contributed by atoms with Gasteiger partial charge in [-0.1, -0.05) is 48.5 Å². The van der Waals surface area contributed by atoms with Gasteiger partial charge in [0.15, 0.2) is 23.1 Å². The van der Waals surface area contributed by atoms with Gasteiger partial charge in [0, 0.05) is 5.22 Å². The largest absolute Gasteiger partial charge is 0.276 e. The number of allylic oxidation sites excluding steroid dienone is 1. The molecule has 6 aromatic rings. The minimum absolute atomic E-state index is 0.742. The van der Waals surface area contributed by atoms with Crippen LogP contribution in [0.15, 0.2) is 72.6 Å². The Kier molecular flexibility index (Phi) is 5.61. The normalized spacial score (nSPS) is 13.6. The van der Waals surface area contributed by atoms with Gasteiger partial charge >= 0.3 is 0 Å². The third-order valence-electron chi connectivity index (χ3n) is 7.82. The van der Waals surface area contributed by atoms with Crippen LogP contribution in [0.1, 0.15) is 33.8 Å². The van der Waals surface area contributed by atoms with Gasteiger partial charge in [-0.25, -0.2) is 9.97 Å². The smallest absolute Gasteiger partial charge is 0.186 e. The Morgan fingerprint density at radius 1 is 0.585 bits per heavy atom. The van der Waals surface area contributed by atoms with Gasteiger partial charge in [0.25, 0.3) is 0 Å². The number of hydrogen-bond acceptors (Lipinski definition) is 7. The number of benzene rings is 3. The monoisotopic (exact) mass is 538 g/mol. The molecule has 7 rings (SSSR count). The molecule has 1 aliphatic rings. The molecule has 8 heteroatoms. The topological polar surface area (TPSA) is 75.3 Å². The zero-order chi connectivity index (χ0) is 28.4. The van der Waals surface area contributed by atoms with E-state index < -0.39 is 0 Å². The molecule has 0 N–H and O–H groups in total. The fourth-order valence-electron chi connectivity index (χ4n) is 5.87. The molecule has 0 saturated heterocycles. The fraction of sp³-hybridized carbons (Fsp3) is 0.182. The molecule has 0 unspecified atom stereocenters. The van der Waals surface area contributed by atoms with Crippen LogP contribution in [-0.4, -0.2) is 29.8 Å². The van der Waals surface area contributed by atoms with Crippen LogP contribution in [0.2, 0.25) is 0 Å². The quantitative estimate of drug-likeness (QED) is 0.264. The second-order valence-electron chi connectivity index (χ2n) is 10.7. The molecule has 8 nitrogen and oxygen atoms in total. The summed E-state index contributed by atoms with van der Waals surface area (Å²) in [5.74, 6) is 3.28. The number of aryl methyl sites for hydroxylation is 6. The summed E-state index contributed by atoms with van der Waals surface area (Å²) in [5, 5.41) is 14.3. The molecule has 0 spiro atoms. The lowest BCUT2D eigenvalue weighted by atomic mass is 10.1. The molecule has 0 saturated carbocycles. The maximum absolute atomic E-state index is 5.23. The minimum Gasteiger partial charge on any atom is -0.276 e. The summed E-state index contributed by atoms with van der Waals surface area (Å²) < 4.78 is 1.80. The van der Waals surface area contributed by atoms with E-state index in [-0.39, 0.29) is 0 Å². The van der Waals surface area contributed by atoms with Crippen LogP contribution in [0.3, 0.4) is 0 Å². The van der Waals surface area contributed by atoms with Gasteiger partial charge < -0.3 is 0 Å². The molecule has 0 fully saturated rings. The summed E-state index contributed by atoms with van der Waals surface area (Å²) in [4.78, 5) is 14.9. The van der Waals surface area contributed by atoms with E-state index in [0.29, 0.717) is 0 Å². The van der Waals surface area contributed by atoms with Gasteiger partial charge in [-0.15, -0.1) is 10.2 Å². The first kappa shape index (κ1) is 24.9. The number of rotatable bonds is 3. The van der Waals surface area contributed by atoms with E-state index in [2.05, 4.69) is 101 Å². The lowest BCUT2D eigenvalue weighted by molar-refractivity contribution is 0.875.